The van der Waals surface area contributed by atoms with E-state index < -0.39 is 12.2 Å². The first-order valence-electron chi connectivity index (χ1n) is 24.3. The molecule has 3 amide bonds. The molecular formula is C53H83N5O8. The molecule has 6 atom stereocenters. The Labute approximate surface area is 395 Å². The van der Waals surface area contributed by atoms with Gasteiger partial charge in [0.2, 0.25) is 5.91 Å². The average molecular weight is 918 g/mol. The predicted octanol–water partition coefficient (Wildman–Crippen LogP) is 10.4. The van der Waals surface area contributed by atoms with E-state index in [1.165, 1.54) is 10.1 Å². The molecule has 5 N–H and O–H groups in total. The van der Waals surface area contributed by atoms with Crippen LogP contribution in [0.2, 0.25) is 0 Å². The first-order valence-corrected chi connectivity index (χ1v) is 24.3. The second-order valence-electron chi connectivity index (χ2n) is 22.0. The van der Waals surface area contributed by atoms with Gasteiger partial charge in [-0.15, -0.1) is 0 Å². The zero-order valence-electron chi connectivity index (χ0n) is 41.8. The van der Waals surface area contributed by atoms with Gasteiger partial charge in [-0.1, -0.05) is 101 Å². The fourth-order valence-electron chi connectivity index (χ4n) is 10.3. The van der Waals surface area contributed by atoms with Crippen LogP contribution >= 0.6 is 0 Å². The van der Waals surface area contributed by atoms with E-state index in [-0.39, 0.29) is 77.5 Å². The summed E-state index contributed by atoms with van der Waals surface area (Å²) in [5.74, 6) is 1.91. The van der Waals surface area contributed by atoms with Crippen molar-refractivity contribution in [1.29, 1.82) is 0 Å². The van der Waals surface area contributed by atoms with Crippen LogP contribution in [-0.4, -0.2) is 85.2 Å². The van der Waals surface area contributed by atoms with E-state index in [0.717, 1.165) is 56.1 Å². The molecule has 3 fully saturated rings. The summed E-state index contributed by atoms with van der Waals surface area (Å²) in [6.45, 7) is 23.0. The summed E-state index contributed by atoms with van der Waals surface area (Å²) in [5, 5.41) is 32.7. The van der Waals surface area contributed by atoms with E-state index in [1.807, 2.05) is 121 Å². The van der Waals surface area contributed by atoms with Gasteiger partial charge in [0.05, 0.1) is 6.04 Å². The van der Waals surface area contributed by atoms with Crippen LogP contribution in [0, 0.1) is 29.6 Å². The number of alkyl carbamates (subject to hydrolysis) is 2. The number of hydrogen-bond acceptors (Lipinski definition) is 10. The van der Waals surface area contributed by atoms with Crippen molar-refractivity contribution in [3.05, 3.63) is 83.9 Å². The molecule has 0 radical (unpaired) electrons. The summed E-state index contributed by atoms with van der Waals surface area (Å²) >= 11 is 0. The molecule has 13 heteroatoms. The molecule has 0 aromatic heterocycles. The largest absolute Gasteiger partial charge is 0.445 e. The van der Waals surface area contributed by atoms with Crippen LogP contribution in [-0.2, 0) is 32.3 Å². The second kappa shape index (κ2) is 24.6. The number of ketones is 1. The average Bonchev–Trinajstić information content (AvgIpc) is 3.99. The highest BCUT2D eigenvalue weighted by Crippen LogP contribution is 2.46. The summed E-state index contributed by atoms with van der Waals surface area (Å²) in [6, 6.07) is 19.1. The molecule has 2 saturated heterocycles. The lowest BCUT2D eigenvalue weighted by Gasteiger charge is -2.51. The maximum atomic E-state index is 12.7. The number of rotatable bonds is 19. The number of ether oxygens (including phenoxy) is 2. The third-order valence-electron chi connectivity index (χ3n) is 13.2. The molecule has 368 valence electrons. The van der Waals surface area contributed by atoms with Crippen LogP contribution in [0.15, 0.2) is 72.8 Å². The Balaban J connectivity index is 0.000000289. The number of nitrogens with zero attached hydrogens (tertiary/aromatic N) is 2. The first kappa shape index (κ1) is 54.3. The Kier molecular flexibility index (Phi) is 20.3. The fraction of sp³-hybridized carbons (Fsp3) is 0.660. The zero-order chi connectivity index (χ0) is 48.8. The minimum atomic E-state index is -0.458. The quantitative estimate of drug-likeness (QED) is 0.0855. The highest BCUT2D eigenvalue weighted by Gasteiger charge is 2.46. The van der Waals surface area contributed by atoms with Crippen molar-refractivity contribution >= 4 is 23.9 Å². The van der Waals surface area contributed by atoms with E-state index in [4.69, 9.17) is 9.47 Å². The van der Waals surface area contributed by atoms with Crippen molar-refractivity contribution in [2.24, 2.45) is 29.6 Å². The van der Waals surface area contributed by atoms with Gasteiger partial charge in [-0.2, -0.15) is 10.1 Å². The van der Waals surface area contributed by atoms with Gasteiger partial charge in [0.25, 0.3) is 0 Å². The van der Waals surface area contributed by atoms with Crippen LogP contribution < -0.4 is 16.0 Å². The monoisotopic (exact) mass is 918 g/mol. The Morgan fingerprint density at radius 3 is 1.77 bits per heavy atom. The first-order chi connectivity index (χ1) is 30.9. The zero-order valence-corrected chi connectivity index (χ0v) is 41.8. The number of Topliss-reactive ketones (excluding diaryl/α,β-unsaturated/α-hetero) is 1. The number of piperidine rings is 2. The predicted molar refractivity (Wildman–Crippen MR) is 258 cm³/mol. The topological polar surface area (TPSA) is 170 Å². The molecule has 2 aromatic rings. The number of nitrogens with one attached hydrogen (secondary N) is 3. The SMILES string of the molecule is CC(C)CC(/C=C\CC(=O)CC1CC(C)(C)N(O)C(C)(C)C1)NC(=O)OCc1ccccc1.CC(C)CC(NC(=O)OCc1ccccc1)C1CC1CC(=O)NC1CC(C)N(O)C(C)(C)C1. The summed E-state index contributed by atoms with van der Waals surface area (Å²) in [7, 11) is 0. The fourth-order valence-corrected chi connectivity index (χ4v) is 10.3. The summed E-state index contributed by atoms with van der Waals surface area (Å²) in [4.78, 5) is 50.1. The van der Waals surface area contributed by atoms with E-state index in [1.54, 1.807) is 0 Å². The van der Waals surface area contributed by atoms with Crippen LogP contribution in [0.5, 0.6) is 0 Å². The van der Waals surface area contributed by atoms with Gasteiger partial charge in [-0.05, 0) is 134 Å². The molecule has 0 bridgehead atoms. The summed E-state index contributed by atoms with van der Waals surface area (Å²) < 4.78 is 10.8. The van der Waals surface area contributed by atoms with Crippen LogP contribution in [0.25, 0.3) is 0 Å². The van der Waals surface area contributed by atoms with Gasteiger partial charge in [0.1, 0.15) is 19.0 Å². The van der Waals surface area contributed by atoms with Crippen molar-refractivity contribution < 1.29 is 39.1 Å². The molecule has 66 heavy (non-hydrogen) atoms. The molecule has 2 heterocycles. The minimum absolute atomic E-state index is 0.00856. The molecule has 1 saturated carbocycles. The molecule has 3 aliphatic rings. The molecule has 2 aliphatic heterocycles. The smallest absolute Gasteiger partial charge is 0.407 e. The van der Waals surface area contributed by atoms with E-state index >= 15 is 0 Å². The number of carbonyl (C=O) groups excluding carboxylic acids is 4. The van der Waals surface area contributed by atoms with Crippen LogP contribution in [0.1, 0.15) is 151 Å². The number of amides is 3. The Morgan fingerprint density at radius 1 is 0.727 bits per heavy atom. The minimum Gasteiger partial charge on any atom is -0.445 e. The Bertz CT molecular complexity index is 1850. The lowest BCUT2D eigenvalue weighted by molar-refractivity contribution is -0.251. The third-order valence-corrected chi connectivity index (χ3v) is 13.2. The molecule has 6 unspecified atom stereocenters. The van der Waals surface area contributed by atoms with Gasteiger partial charge in [0, 0.05) is 54.0 Å². The molecule has 2 aromatic carbocycles. The Hall–Kier alpha value is -4.30. The summed E-state index contributed by atoms with van der Waals surface area (Å²) in [6.07, 6.45) is 9.86. The highest BCUT2D eigenvalue weighted by atomic mass is 16.6. The van der Waals surface area contributed by atoms with E-state index in [9.17, 15) is 29.6 Å². The number of hydrogen-bond donors (Lipinski definition) is 5. The second-order valence-corrected chi connectivity index (χ2v) is 22.0. The van der Waals surface area contributed by atoms with Gasteiger partial charge in [0.15, 0.2) is 0 Å². The maximum absolute atomic E-state index is 12.7. The normalized spacial score (nSPS) is 23.6. The molecule has 13 nitrogen and oxygen atoms in total. The lowest BCUT2D eigenvalue weighted by atomic mass is 9.73. The lowest BCUT2D eigenvalue weighted by Crippen LogP contribution is -2.59. The molecule has 1 aliphatic carbocycles. The molecule has 0 spiro atoms. The van der Waals surface area contributed by atoms with Crippen LogP contribution in [0.3, 0.4) is 0 Å². The van der Waals surface area contributed by atoms with E-state index in [0.29, 0.717) is 37.0 Å². The number of allylic oxidation sites excluding steroid dienone is 1. The molecule has 5 rings (SSSR count). The van der Waals surface area contributed by atoms with Crippen molar-refractivity contribution in [2.45, 2.75) is 194 Å². The van der Waals surface area contributed by atoms with Crippen molar-refractivity contribution in [3.63, 3.8) is 0 Å². The highest BCUT2D eigenvalue weighted by molar-refractivity contribution is 5.80. The standard InChI is InChI=1S/C27H42N2O4.C26H41N3O4/c1-20(2)15-23(28-25(31)33-19-21-11-8-7-9-12-21)13-10-14-24(30)16-22-17-26(3,4)29(32)27(5,6)18-22;1-17(2)11-23(28-25(31)33-16-19-9-7-6-8-10-19)22-13-20(22)14-24(30)27-21-12-18(3)29(32)26(4,5)15-21/h7-13,20,22-23,32H,14-19H2,1-6H3,(H,28,31);6-10,17-18,20-23,32H,11-16H2,1-5H3,(H,27,30)(H,28,31)/b13-10-;. The van der Waals surface area contributed by atoms with Crippen LogP contribution in [0.4, 0.5) is 9.59 Å². The summed E-state index contributed by atoms with van der Waals surface area (Å²) in [5.41, 5.74) is 0.833. The van der Waals surface area contributed by atoms with Gasteiger partial charge in [-0.25, -0.2) is 9.59 Å². The van der Waals surface area contributed by atoms with Crippen molar-refractivity contribution in [2.75, 3.05) is 0 Å². The third kappa shape index (κ3) is 18.1. The number of hydroxylamine groups is 4. The van der Waals surface area contributed by atoms with Crippen molar-refractivity contribution in [3.8, 4) is 0 Å². The van der Waals surface area contributed by atoms with Gasteiger partial charge in [-0.3, -0.25) is 9.59 Å². The van der Waals surface area contributed by atoms with Gasteiger partial charge >= 0.3 is 12.2 Å². The van der Waals surface area contributed by atoms with Crippen molar-refractivity contribution in [1.82, 2.24) is 26.1 Å². The number of benzene rings is 2. The van der Waals surface area contributed by atoms with Gasteiger partial charge < -0.3 is 35.8 Å². The van der Waals surface area contributed by atoms with E-state index in [2.05, 4.69) is 43.6 Å². The molecular weight excluding hydrogens is 835 g/mol. The Morgan fingerprint density at radius 2 is 1.26 bits per heavy atom. The number of carbonyl (C=O) groups is 4. The maximum Gasteiger partial charge on any atom is 0.407 e.